The second kappa shape index (κ2) is 9.34. The topological polar surface area (TPSA) is 84.5 Å². The molecule has 0 atom stereocenters. The molecular weight excluding hydrogens is 432 g/mol. The summed E-state index contributed by atoms with van der Waals surface area (Å²) in [7, 11) is -3.56. The Hall–Kier alpha value is -1.90. The van der Waals surface area contributed by atoms with E-state index in [0.29, 0.717) is 23.5 Å². The number of para-hydroxylation sites is 1. The van der Waals surface area contributed by atoms with Gasteiger partial charge >= 0.3 is 0 Å². The standard InChI is InChI=1S/C19H23BrN2O4S/c1-13(2)11-21-27(24,25)15-8-9-18(14(3)10-15)26-12-19(23)22-17-7-5-4-6-16(17)20/h4-10,13,21H,11-12H2,1-3H3,(H,22,23). The van der Waals surface area contributed by atoms with Crippen LogP contribution in [0.3, 0.4) is 0 Å². The van der Waals surface area contributed by atoms with E-state index < -0.39 is 10.0 Å². The monoisotopic (exact) mass is 454 g/mol. The first kappa shape index (κ1) is 21.4. The average Bonchev–Trinajstić information content (AvgIpc) is 2.61. The van der Waals surface area contributed by atoms with Crippen molar-refractivity contribution in [2.24, 2.45) is 5.92 Å². The Morgan fingerprint density at radius 3 is 2.52 bits per heavy atom. The Morgan fingerprint density at radius 2 is 1.89 bits per heavy atom. The van der Waals surface area contributed by atoms with Crippen molar-refractivity contribution >= 4 is 37.5 Å². The highest BCUT2D eigenvalue weighted by Crippen LogP contribution is 2.23. The summed E-state index contributed by atoms with van der Waals surface area (Å²) < 4.78 is 33.4. The number of hydrogen-bond acceptors (Lipinski definition) is 4. The molecule has 0 spiro atoms. The molecule has 2 rings (SSSR count). The van der Waals surface area contributed by atoms with Crippen LogP contribution in [0, 0.1) is 12.8 Å². The molecule has 8 heteroatoms. The van der Waals surface area contributed by atoms with Crippen molar-refractivity contribution < 1.29 is 17.9 Å². The molecule has 0 bridgehead atoms. The van der Waals surface area contributed by atoms with E-state index in [2.05, 4.69) is 26.0 Å². The Balaban J connectivity index is 2.00. The number of nitrogens with one attached hydrogen (secondary N) is 2. The zero-order chi connectivity index (χ0) is 20.0. The third-order valence-electron chi connectivity index (χ3n) is 3.65. The van der Waals surface area contributed by atoms with Crippen LogP contribution in [0.2, 0.25) is 0 Å². The predicted molar refractivity (Wildman–Crippen MR) is 109 cm³/mol. The van der Waals surface area contributed by atoms with Crippen molar-refractivity contribution in [1.29, 1.82) is 0 Å². The minimum Gasteiger partial charge on any atom is -0.483 e. The van der Waals surface area contributed by atoms with Gasteiger partial charge in [0.2, 0.25) is 10.0 Å². The number of carbonyl (C=O) groups is 1. The molecule has 2 N–H and O–H groups in total. The summed E-state index contributed by atoms with van der Waals surface area (Å²) in [5.41, 5.74) is 1.29. The fourth-order valence-corrected chi connectivity index (χ4v) is 3.89. The van der Waals surface area contributed by atoms with Crippen molar-refractivity contribution in [3.8, 4) is 5.75 Å². The van der Waals surface area contributed by atoms with Gasteiger partial charge in [-0.25, -0.2) is 13.1 Å². The molecule has 2 aromatic carbocycles. The summed E-state index contributed by atoms with van der Waals surface area (Å²) >= 11 is 3.36. The molecule has 0 unspecified atom stereocenters. The fourth-order valence-electron chi connectivity index (χ4n) is 2.20. The van der Waals surface area contributed by atoms with Gasteiger partial charge in [0.1, 0.15) is 5.75 Å². The van der Waals surface area contributed by atoms with E-state index in [-0.39, 0.29) is 23.3 Å². The summed E-state index contributed by atoms with van der Waals surface area (Å²) in [5.74, 6) is 0.364. The van der Waals surface area contributed by atoms with E-state index >= 15 is 0 Å². The first-order valence-corrected chi connectivity index (χ1v) is 10.7. The number of amides is 1. The first-order chi connectivity index (χ1) is 12.7. The minimum absolute atomic E-state index is 0.172. The van der Waals surface area contributed by atoms with Crippen LogP contribution in [0.25, 0.3) is 0 Å². The number of hydrogen-bond donors (Lipinski definition) is 2. The van der Waals surface area contributed by atoms with Crippen LogP contribution in [-0.2, 0) is 14.8 Å². The maximum atomic E-state index is 12.3. The molecule has 0 aliphatic rings. The lowest BCUT2D eigenvalue weighted by Crippen LogP contribution is -2.27. The van der Waals surface area contributed by atoms with Crippen molar-refractivity contribution in [2.75, 3.05) is 18.5 Å². The molecule has 0 heterocycles. The predicted octanol–water partition coefficient (Wildman–Crippen LogP) is 3.71. The number of aryl methyl sites for hydroxylation is 1. The van der Waals surface area contributed by atoms with E-state index in [1.54, 1.807) is 19.1 Å². The Bertz CT molecular complexity index is 914. The molecule has 2 aromatic rings. The first-order valence-electron chi connectivity index (χ1n) is 8.46. The van der Waals surface area contributed by atoms with Crippen molar-refractivity contribution in [3.63, 3.8) is 0 Å². The van der Waals surface area contributed by atoms with Crippen molar-refractivity contribution in [3.05, 3.63) is 52.5 Å². The number of ether oxygens (including phenoxy) is 1. The zero-order valence-electron chi connectivity index (χ0n) is 15.5. The van der Waals surface area contributed by atoms with Gasteiger partial charge in [-0.2, -0.15) is 0 Å². The highest BCUT2D eigenvalue weighted by Gasteiger charge is 2.16. The number of rotatable bonds is 8. The third-order valence-corrected chi connectivity index (χ3v) is 5.76. The largest absolute Gasteiger partial charge is 0.483 e. The minimum atomic E-state index is -3.56. The molecule has 146 valence electrons. The highest BCUT2D eigenvalue weighted by atomic mass is 79.9. The van der Waals surface area contributed by atoms with Gasteiger partial charge in [-0.3, -0.25) is 4.79 Å². The van der Waals surface area contributed by atoms with Crippen LogP contribution >= 0.6 is 15.9 Å². The van der Waals surface area contributed by atoms with Gasteiger partial charge in [0.05, 0.1) is 10.6 Å². The van der Waals surface area contributed by atoms with Crippen LogP contribution in [0.15, 0.2) is 51.8 Å². The van der Waals surface area contributed by atoms with Gasteiger partial charge in [-0.05, 0) is 64.7 Å². The van der Waals surface area contributed by atoms with Crippen LogP contribution in [0.5, 0.6) is 5.75 Å². The van der Waals surface area contributed by atoms with E-state index in [9.17, 15) is 13.2 Å². The van der Waals surface area contributed by atoms with Gasteiger partial charge in [0.25, 0.3) is 5.91 Å². The van der Waals surface area contributed by atoms with Gasteiger partial charge in [0.15, 0.2) is 6.61 Å². The molecule has 0 aromatic heterocycles. The lowest BCUT2D eigenvalue weighted by atomic mass is 10.2. The number of sulfonamides is 1. The van der Waals surface area contributed by atoms with E-state index in [0.717, 1.165) is 4.47 Å². The highest BCUT2D eigenvalue weighted by molar-refractivity contribution is 9.10. The molecule has 0 fully saturated rings. The molecule has 6 nitrogen and oxygen atoms in total. The SMILES string of the molecule is Cc1cc(S(=O)(=O)NCC(C)C)ccc1OCC(=O)Nc1ccccc1Br. The Kier molecular flexibility index (Phi) is 7.41. The van der Waals surface area contributed by atoms with Crippen molar-refractivity contribution in [2.45, 2.75) is 25.7 Å². The van der Waals surface area contributed by atoms with Gasteiger partial charge in [-0.15, -0.1) is 0 Å². The molecule has 1 amide bonds. The molecule has 0 saturated heterocycles. The van der Waals surface area contributed by atoms with Gasteiger partial charge in [0, 0.05) is 11.0 Å². The average molecular weight is 455 g/mol. The molecule has 0 saturated carbocycles. The summed E-state index contributed by atoms with van der Waals surface area (Å²) in [4.78, 5) is 12.2. The lowest BCUT2D eigenvalue weighted by molar-refractivity contribution is -0.118. The normalized spacial score (nSPS) is 11.4. The van der Waals surface area contributed by atoms with Crippen LogP contribution in [-0.4, -0.2) is 27.5 Å². The number of anilines is 1. The molecule has 0 aliphatic heterocycles. The van der Waals surface area contributed by atoms with Gasteiger partial charge in [-0.1, -0.05) is 26.0 Å². The maximum absolute atomic E-state index is 12.3. The quantitative estimate of drug-likeness (QED) is 0.636. The second-order valence-corrected chi connectivity index (χ2v) is 9.11. The van der Waals surface area contributed by atoms with Gasteiger partial charge < -0.3 is 10.1 Å². The number of halogens is 1. The van der Waals surface area contributed by atoms with E-state index in [4.69, 9.17) is 4.74 Å². The number of benzene rings is 2. The fraction of sp³-hybridized carbons (Fsp3) is 0.316. The summed E-state index contributed by atoms with van der Waals surface area (Å²) in [6.45, 7) is 5.80. The molecule has 27 heavy (non-hydrogen) atoms. The summed E-state index contributed by atoms with van der Waals surface area (Å²) in [6, 6.07) is 11.8. The molecule has 0 aliphatic carbocycles. The van der Waals surface area contributed by atoms with Crippen LogP contribution in [0.1, 0.15) is 19.4 Å². The number of carbonyl (C=O) groups excluding carboxylic acids is 1. The lowest BCUT2D eigenvalue weighted by Gasteiger charge is -2.13. The summed E-state index contributed by atoms with van der Waals surface area (Å²) in [5, 5.41) is 2.75. The maximum Gasteiger partial charge on any atom is 0.262 e. The summed E-state index contributed by atoms with van der Waals surface area (Å²) in [6.07, 6.45) is 0. The smallest absolute Gasteiger partial charge is 0.262 e. The zero-order valence-corrected chi connectivity index (χ0v) is 17.9. The Morgan fingerprint density at radius 1 is 1.19 bits per heavy atom. The third kappa shape index (κ3) is 6.34. The van der Waals surface area contributed by atoms with Crippen molar-refractivity contribution in [1.82, 2.24) is 4.72 Å². The van der Waals surface area contributed by atoms with Crippen LogP contribution in [0.4, 0.5) is 5.69 Å². The molecular formula is C19H23BrN2O4S. The van der Waals surface area contributed by atoms with E-state index in [1.165, 1.54) is 12.1 Å². The molecule has 0 radical (unpaired) electrons. The van der Waals surface area contributed by atoms with E-state index in [1.807, 2.05) is 32.0 Å². The second-order valence-electron chi connectivity index (χ2n) is 6.49. The van der Waals surface area contributed by atoms with Crippen LogP contribution < -0.4 is 14.8 Å². The Labute approximate surface area is 168 Å².